The Balaban J connectivity index is 0.000000376. The minimum Gasteiger partial charge on any atom is -0.478 e. The Bertz CT molecular complexity index is 2750. The van der Waals surface area contributed by atoms with Crippen LogP contribution in [0.5, 0.6) is 0 Å². The van der Waals surface area contributed by atoms with Crippen LogP contribution < -0.4 is 21.9 Å². The predicted octanol–water partition coefficient (Wildman–Crippen LogP) is 18.5. The number of rotatable bonds is 6. The quantitative estimate of drug-likeness (QED) is 0.0719. The van der Waals surface area contributed by atoms with Crippen LogP contribution in [0.1, 0.15) is 115 Å². The number of hydrogen-bond acceptors (Lipinski definition) is 2. The third-order valence-electron chi connectivity index (χ3n) is 14.0. The molecular formula is C57H48BF24IrNOP-. The molecule has 5 aromatic carbocycles. The van der Waals surface area contributed by atoms with Crippen LogP contribution in [0.4, 0.5) is 105 Å². The molecule has 2 nitrogen and oxygen atoms in total. The third kappa shape index (κ3) is 17.6. The average molecular weight is 1450 g/mol. The zero-order valence-electron chi connectivity index (χ0n) is 44.7. The van der Waals surface area contributed by atoms with E-state index in [1.807, 2.05) is 0 Å². The first-order valence-electron chi connectivity index (χ1n) is 25.5. The van der Waals surface area contributed by atoms with E-state index in [-0.39, 0.29) is 34.1 Å². The van der Waals surface area contributed by atoms with Crippen molar-refractivity contribution in [2.75, 3.05) is 12.8 Å². The van der Waals surface area contributed by atoms with E-state index >= 15 is 0 Å². The van der Waals surface area contributed by atoms with Crippen molar-refractivity contribution >= 4 is 41.8 Å². The fraction of sp³-hybridized carbons (Fsp3) is 0.386. The van der Waals surface area contributed by atoms with E-state index in [0.29, 0.717) is 10.8 Å². The first-order chi connectivity index (χ1) is 38.8. The maximum atomic E-state index is 14.2. The topological polar surface area (TPSA) is 21.6 Å². The summed E-state index contributed by atoms with van der Waals surface area (Å²) in [6, 6.07) is 1.93. The Kier molecular flexibility index (Phi) is 21.8. The monoisotopic (exact) mass is 1450 g/mol. The van der Waals surface area contributed by atoms with E-state index in [4.69, 9.17) is 9.73 Å². The molecule has 0 N–H and O–H groups in total. The second-order valence-electron chi connectivity index (χ2n) is 21.0. The van der Waals surface area contributed by atoms with E-state index in [0.717, 1.165) is 12.5 Å². The zero-order valence-corrected chi connectivity index (χ0v) is 48.0. The Morgan fingerprint density at radius 2 is 0.674 bits per heavy atom. The van der Waals surface area contributed by atoms with Crippen LogP contribution in [0.2, 0.25) is 0 Å². The minimum absolute atomic E-state index is 0. The normalized spacial score (nSPS) is 19.1. The Labute approximate surface area is 491 Å². The molecule has 2 aliphatic heterocycles. The fourth-order valence-corrected chi connectivity index (χ4v) is 13.5. The van der Waals surface area contributed by atoms with Gasteiger partial charge in [0.25, 0.3) is 0 Å². The third-order valence-corrected chi connectivity index (χ3v) is 17.8. The summed E-state index contributed by atoms with van der Waals surface area (Å²) >= 11 is 0. The summed E-state index contributed by atoms with van der Waals surface area (Å²) in [5, 5.41) is 0.410. The zero-order chi connectivity index (χ0) is 63.7. The van der Waals surface area contributed by atoms with E-state index in [9.17, 15) is 105 Å². The van der Waals surface area contributed by atoms with Crippen LogP contribution in [-0.2, 0) is 74.3 Å². The molecule has 2 heterocycles. The van der Waals surface area contributed by atoms with Crippen molar-refractivity contribution in [1.82, 2.24) is 0 Å². The van der Waals surface area contributed by atoms with Crippen LogP contribution in [0, 0.1) is 0 Å². The second-order valence-corrected chi connectivity index (χ2v) is 24.4. The SMILES string of the molecule is C1=C\CC/C=C\CC/1.CC(C)(C)[P@]1CCC[C@@H]1C1=N[C@@H](c2ccccc2)CO1.FC(F)(F)c1cc([B-](c2cc(C(F)(F)F)cc(C(F)(F)F)c2)(c2cc(C(F)(F)F)cc(C(F)(F)F)c2)c2cc(C(F)(F)F)cc(C(F)(F)F)c2)cc(C(F)(F)F)c1.[Ir]. The van der Waals surface area contributed by atoms with Crippen molar-refractivity contribution < 1.29 is 130 Å². The molecule has 0 unspecified atom stereocenters. The Hall–Kier alpha value is -5.49. The number of allylic oxidation sites excluding steroid dienone is 4. The molecule has 0 amide bonds. The van der Waals surface area contributed by atoms with Crippen molar-refractivity contribution in [3.63, 3.8) is 0 Å². The molecule has 0 saturated carbocycles. The first-order valence-corrected chi connectivity index (χ1v) is 27.1. The van der Waals surface area contributed by atoms with Gasteiger partial charge in [0.2, 0.25) is 0 Å². The second kappa shape index (κ2) is 26.3. The standard InChI is InChI=1S/C32H12BF24.C17H24NOP.C8H12.Ir/c34-25(35,36)13-1-14(26(37,38)39)6-21(5-13)33(22-7-15(27(40,41)42)2-16(8-22)28(43,44)45,23-9-17(29(46,47)48)3-18(10-23)30(49,50)51)24-11-19(31(52,53)54)4-20(12-24)32(55,56)57;1-17(2,3)20-11-7-10-15(20)16-18-14(12-19-16)13-8-5-4-6-9-13;1-2-4-6-8-7-5-3-1;/h1-12H;4-6,8-9,14-15H,7,10-12H2,1-3H3;1-2,7-8H,3-6H2;/q-1;;;/b;;2-1-,8-7-;/t;14-,15-,20-;;/m.1../s1. The minimum atomic E-state index is -6.13. The van der Waals surface area contributed by atoms with Crippen LogP contribution in [0.15, 0.2) is 132 Å². The molecule has 0 spiro atoms. The van der Waals surface area contributed by atoms with Gasteiger partial charge in [-0.1, -0.05) is 132 Å². The molecule has 86 heavy (non-hydrogen) atoms. The van der Waals surface area contributed by atoms with Crippen LogP contribution in [0.25, 0.3) is 0 Å². The molecule has 29 heteroatoms. The van der Waals surface area contributed by atoms with Gasteiger partial charge in [-0.2, -0.15) is 127 Å². The Morgan fingerprint density at radius 1 is 0.407 bits per heavy atom. The van der Waals surface area contributed by atoms with Gasteiger partial charge in [-0.15, -0.1) is 0 Å². The van der Waals surface area contributed by atoms with E-state index in [1.165, 1.54) is 50.3 Å². The molecule has 1 fully saturated rings. The molecular weight excluding hydrogens is 1400 g/mol. The fourth-order valence-electron chi connectivity index (χ4n) is 10.2. The average Bonchev–Trinajstić information content (AvgIpc) is 1.03. The summed E-state index contributed by atoms with van der Waals surface area (Å²) in [5.41, 5.74) is -28.3. The van der Waals surface area contributed by atoms with Crippen LogP contribution >= 0.6 is 7.92 Å². The Morgan fingerprint density at radius 3 is 0.919 bits per heavy atom. The maximum absolute atomic E-state index is 14.2. The maximum Gasteiger partial charge on any atom is 0.416 e. The molecule has 0 bridgehead atoms. The number of aliphatic imine (C=N–C) groups is 1. The molecule has 8 rings (SSSR count). The van der Waals surface area contributed by atoms with E-state index < -0.39 is 195 Å². The van der Waals surface area contributed by atoms with Crippen molar-refractivity contribution in [1.29, 1.82) is 0 Å². The molecule has 5 aromatic rings. The van der Waals surface area contributed by atoms with Crippen molar-refractivity contribution in [3.05, 3.63) is 178 Å². The smallest absolute Gasteiger partial charge is 0.416 e. The van der Waals surface area contributed by atoms with E-state index in [1.54, 1.807) is 0 Å². The van der Waals surface area contributed by atoms with Gasteiger partial charge in [-0.25, -0.2) is 4.99 Å². The van der Waals surface area contributed by atoms with Crippen LogP contribution in [0.3, 0.4) is 0 Å². The summed E-state index contributed by atoms with van der Waals surface area (Å²) in [6.07, 6.45) is -36.8. The molecule has 0 aromatic heterocycles. The number of benzene rings is 5. The van der Waals surface area contributed by atoms with Gasteiger partial charge in [0, 0.05) is 20.1 Å². The number of hydrogen-bond donors (Lipinski definition) is 0. The molecule has 3 atom stereocenters. The number of alkyl halides is 24. The van der Waals surface area contributed by atoms with Gasteiger partial charge in [-0.3, -0.25) is 0 Å². The van der Waals surface area contributed by atoms with E-state index in [2.05, 4.69) is 75.4 Å². The first kappa shape index (κ1) is 71.3. The summed E-state index contributed by atoms with van der Waals surface area (Å²) in [7, 11) is -0.00436. The molecule has 473 valence electrons. The summed E-state index contributed by atoms with van der Waals surface area (Å²) in [4.78, 5) is 4.91. The van der Waals surface area contributed by atoms with Crippen molar-refractivity contribution in [2.45, 2.75) is 126 Å². The molecule has 1 aliphatic carbocycles. The molecule has 1 saturated heterocycles. The number of halogens is 24. The van der Waals surface area contributed by atoms with Gasteiger partial charge in [0.05, 0.1) is 50.2 Å². The van der Waals surface area contributed by atoms with Gasteiger partial charge < -0.3 is 4.74 Å². The molecule has 1 radical (unpaired) electrons. The van der Waals surface area contributed by atoms with Crippen LogP contribution in [-0.4, -0.2) is 35.6 Å². The number of ether oxygens (including phenoxy) is 1. The summed E-state index contributed by atoms with van der Waals surface area (Å²) in [6.45, 7) is 7.85. The summed E-state index contributed by atoms with van der Waals surface area (Å²) in [5.74, 6) is 1.05. The predicted molar refractivity (Wildman–Crippen MR) is 274 cm³/mol. The van der Waals surface area contributed by atoms with Gasteiger partial charge in [0.1, 0.15) is 18.8 Å². The summed E-state index contributed by atoms with van der Waals surface area (Å²) < 4.78 is 347. The number of nitrogens with zero attached hydrogens (tertiary/aromatic N) is 1. The largest absolute Gasteiger partial charge is 0.478 e. The van der Waals surface area contributed by atoms with Gasteiger partial charge in [-0.05, 0) is 79.7 Å². The molecule has 3 aliphatic rings. The van der Waals surface area contributed by atoms with Crippen molar-refractivity contribution in [2.24, 2.45) is 4.99 Å². The van der Waals surface area contributed by atoms with Gasteiger partial charge >= 0.3 is 49.4 Å². The van der Waals surface area contributed by atoms with Gasteiger partial charge in [0.15, 0.2) is 5.90 Å². The van der Waals surface area contributed by atoms with Crippen molar-refractivity contribution in [3.8, 4) is 0 Å².